The second kappa shape index (κ2) is 9.75. The van der Waals surface area contributed by atoms with Crippen LogP contribution in [-0.2, 0) is 19.4 Å². The third-order valence-corrected chi connectivity index (χ3v) is 5.99. The monoisotopic (exact) mass is 471 g/mol. The number of aromatic nitrogens is 5. The molecule has 2 aromatic heterocycles. The van der Waals surface area contributed by atoms with Gasteiger partial charge in [0.25, 0.3) is 5.91 Å². The minimum Gasteiger partial charge on any atom is -0.378 e. The fourth-order valence-electron chi connectivity index (χ4n) is 4.14. The van der Waals surface area contributed by atoms with Gasteiger partial charge in [-0.15, -0.1) is 5.10 Å². The van der Waals surface area contributed by atoms with Crippen LogP contribution in [0.3, 0.4) is 0 Å². The summed E-state index contributed by atoms with van der Waals surface area (Å²) in [5, 5.41) is 19.8. The van der Waals surface area contributed by atoms with E-state index < -0.39 is 5.91 Å². The number of carbonyl (C=O) groups is 1. The summed E-state index contributed by atoms with van der Waals surface area (Å²) in [6, 6.07) is 16.2. The van der Waals surface area contributed by atoms with Crippen LogP contribution in [0.25, 0.3) is 5.82 Å². The summed E-state index contributed by atoms with van der Waals surface area (Å²) in [6.45, 7) is 3.28. The summed E-state index contributed by atoms with van der Waals surface area (Å²) in [5.41, 5.74) is 13.5. The normalized spacial score (nSPS) is 13.2. The first-order chi connectivity index (χ1) is 17.1. The number of hydrazone groups is 1. The molecular formula is C24H25N9O2. The number of amides is 1. The number of carbonyl (C=O) groups excluding carboxylic acids is 1. The molecule has 0 fully saturated rings. The van der Waals surface area contributed by atoms with E-state index in [1.165, 1.54) is 15.8 Å². The Morgan fingerprint density at radius 3 is 2.80 bits per heavy atom. The van der Waals surface area contributed by atoms with Crippen molar-refractivity contribution in [3.05, 3.63) is 76.6 Å². The van der Waals surface area contributed by atoms with Gasteiger partial charge in [-0.2, -0.15) is 9.78 Å². The zero-order chi connectivity index (χ0) is 24.2. The van der Waals surface area contributed by atoms with Gasteiger partial charge in [-0.1, -0.05) is 54.6 Å². The number of benzene rings is 2. The summed E-state index contributed by atoms with van der Waals surface area (Å²) in [5.74, 6) is -0.264. The molecule has 5 rings (SSSR count). The van der Waals surface area contributed by atoms with E-state index >= 15 is 0 Å². The Balaban J connectivity index is 1.42. The van der Waals surface area contributed by atoms with Crippen molar-refractivity contribution in [1.29, 1.82) is 0 Å². The Labute approximate surface area is 201 Å². The fraction of sp³-hybridized carbons (Fsp3) is 0.250. The molecule has 11 heteroatoms. The van der Waals surface area contributed by atoms with Crippen LogP contribution in [0.1, 0.15) is 46.2 Å². The molecule has 35 heavy (non-hydrogen) atoms. The van der Waals surface area contributed by atoms with Crippen molar-refractivity contribution < 1.29 is 9.42 Å². The molecule has 0 atom stereocenters. The van der Waals surface area contributed by atoms with Crippen LogP contribution in [0, 0.1) is 0 Å². The first kappa shape index (κ1) is 22.3. The highest BCUT2D eigenvalue weighted by Gasteiger charge is 2.27. The van der Waals surface area contributed by atoms with Crippen molar-refractivity contribution in [1.82, 2.24) is 30.7 Å². The number of hydrogen-bond donors (Lipinski definition) is 2. The molecule has 0 saturated heterocycles. The Morgan fingerprint density at radius 2 is 2.03 bits per heavy atom. The number of fused-ring (bicyclic) bond motifs is 1. The highest BCUT2D eigenvalue weighted by molar-refractivity contribution is 5.94. The smallest absolute Gasteiger partial charge is 0.293 e. The summed E-state index contributed by atoms with van der Waals surface area (Å²) in [6.07, 6.45) is 4.54. The fourth-order valence-corrected chi connectivity index (χ4v) is 4.14. The largest absolute Gasteiger partial charge is 0.378 e. The molecule has 3 heterocycles. The molecule has 4 aromatic rings. The third-order valence-electron chi connectivity index (χ3n) is 5.99. The molecule has 11 nitrogen and oxygen atoms in total. The first-order valence-corrected chi connectivity index (χ1v) is 11.4. The summed E-state index contributed by atoms with van der Waals surface area (Å²) < 4.78 is 6.14. The van der Waals surface area contributed by atoms with Crippen LogP contribution in [0.5, 0.6) is 0 Å². The maximum atomic E-state index is 13.1. The van der Waals surface area contributed by atoms with Gasteiger partial charge < -0.3 is 10.6 Å². The van der Waals surface area contributed by atoms with Crippen molar-refractivity contribution in [2.75, 3.05) is 17.2 Å². The van der Waals surface area contributed by atoms with Crippen molar-refractivity contribution in [2.45, 2.75) is 32.7 Å². The number of anilines is 2. The average molecular weight is 472 g/mol. The van der Waals surface area contributed by atoms with E-state index in [2.05, 4.69) is 55.1 Å². The SMILES string of the molecule is CCc1ccc(C=NNC(=O)c2nnn(-c3nonc3N)c2CN2CCCc3ccccc32)cc1. The number of para-hydroxylation sites is 1. The van der Waals surface area contributed by atoms with E-state index in [4.69, 9.17) is 10.4 Å². The molecular weight excluding hydrogens is 446 g/mol. The molecule has 1 aliphatic rings. The van der Waals surface area contributed by atoms with E-state index in [1.54, 1.807) is 6.21 Å². The van der Waals surface area contributed by atoms with Gasteiger partial charge in [0.15, 0.2) is 5.69 Å². The molecule has 2 aromatic carbocycles. The van der Waals surface area contributed by atoms with Gasteiger partial charge in [-0.25, -0.2) is 10.1 Å². The maximum Gasteiger partial charge on any atom is 0.293 e. The van der Waals surface area contributed by atoms with Crippen molar-refractivity contribution >= 4 is 23.6 Å². The minimum atomic E-state index is -0.493. The first-order valence-electron chi connectivity index (χ1n) is 11.4. The van der Waals surface area contributed by atoms with E-state index in [-0.39, 0.29) is 17.3 Å². The summed E-state index contributed by atoms with van der Waals surface area (Å²) in [7, 11) is 0. The number of nitrogen functional groups attached to an aromatic ring is 1. The van der Waals surface area contributed by atoms with Gasteiger partial charge in [-0.3, -0.25) is 4.79 Å². The molecule has 0 aliphatic carbocycles. The Morgan fingerprint density at radius 1 is 1.20 bits per heavy atom. The molecule has 0 saturated carbocycles. The Kier molecular flexibility index (Phi) is 6.20. The molecule has 0 radical (unpaired) electrons. The maximum absolute atomic E-state index is 13.1. The van der Waals surface area contributed by atoms with Crippen LogP contribution in [0.2, 0.25) is 0 Å². The second-order valence-corrected chi connectivity index (χ2v) is 8.22. The van der Waals surface area contributed by atoms with Gasteiger partial charge in [-0.05, 0) is 52.3 Å². The van der Waals surface area contributed by atoms with E-state index in [0.29, 0.717) is 12.2 Å². The van der Waals surface area contributed by atoms with Crippen LogP contribution < -0.4 is 16.1 Å². The predicted molar refractivity (Wildman–Crippen MR) is 130 cm³/mol. The lowest BCUT2D eigenvalue weighted by Gasteiger charge is -2.31. The van der Waals surface area contributed by atoms with Gasteiger partial charge >= 0.3 is 0 Å². The summed E-state index contributed by atoms with van der Waals surface area (Å²) >= 11 is 0. The molecule has 1 amide bonds. The Hall–Kier alpha value is -4.54. The zero-order valence-corrected chi connectivity index (χ0v) is 19.3. The van der Waals surface area contributed by atoms with Crippen LogP contribution >= 0.6 is 0 Å². The molecule has 178 valence electrons. The number of aryl methyl sites for hydroxylation is 2. The van der Waals surface area contributed by atoms with Gasteiger partial charge in [0.05, 0.1) is 18.5 Å². The molecule has 0 unspecified atom stereocenters. The van der Waals surface area contributed by atoms with Gasteiger partial charge in [0.2, 0.25) is 11.6 Å². The number of nitrogens with zero attached hydrogens (tertiary/aromatic N) is 7. The quantitative estimate of drug-likeness (QED) is 0.309. The van der Waals surface area contributed by atoms with Gasteiger partial charge in [0, 0.05) is 12.2 Å². The highest BCUT2D eigenvalue weighted by Crippen LogP contribution is 2.29. The number of nitrogens with one attached hydrogen (secondary N) is 1. The lowest BCUT2D eigenvalue weighted by molar-refractivity contribution is 0.0949. The standard InChI is InChI=1S/C24H25N9O2/c1-2-16-9-11-17(12-10-16)14-26-28-24(34)21-20(33(31-27-21)23-22(25)29-35-30-23)15-32-13-5-7-18-6-3-4-8-19(18)32/h3-4,6,8-12,14H,2,5,7,13,15H2,1H3,(H2,25,29)(H,28,34). The van der Waals surface area contributed by atoms with Crippen molar-refractivity contribution in [2.24, 2.45) is 5.10 Å². The zero-order valence-electron chi connectivity index (χ0n) is 19.3. The third kappa shape index (κ3) is 4.60. The summed E-state index contributed by atoms with van der Waals surface area (Å²) in [4.78, 5) is 15.2. The minimum absolute atomic E-state index is 0.0516. The molecule has 0 bridgehead atoms. The topological polar surface area (TPSA) is 140 Å². The average Bonchev–Trinajstić information content (AvgIpc) is 3.50. The van der Waals surface area contributed by atoms with Crippen molar-refractivity contribution in [3.8, 4) is 5.82 Å². The van der Waals surface area contributed by atoms with Crippen LogP contribution in [0.4, 0.5) is 11.5 Å². The second-order valence-electron chi connectivity index (χ2n) is 8.22. The van der Waals surface area contributed by atoms with Crippen LogP contribution in [-0.4, -0.2) is 44.0 Å². The van der Waals surface area contributed by atoms with E-state index in [9.17, 15) is 4.79 Å². The highest BCUT2D eigenvalue weighted by atomic mass is 16.6. The number of rotatable bonds is 7. The molecule has 3 N–H and O–H groups in total. The lowest BCUT2D eigenvalue weighted by atomic mass is 10.0. The van der Waals surface area contributed by atoms with Gasteiger partial charge in [0.1, 0.15) is 0 Å². The van der Waals surface area contributed by atoms with Crippen LogP contribution in [0.15, 0.2) is 58.3 Å². The molecule has 0 spiro atoms. The lowest BCUT2D eigenvalue weighted by Crippen LogP contribution is -2.31. The Bertz CT molecular complexity index is 1360. The van der Waals surface area contributed by atoms with Crippen molar-refractivity contribution in [3.63, 3.8) is 0 Å². The predicted octanol–water partition coefficient (Wildman–Crippen LogP) is 2.51. The molecule has 1 aliphatic heterocycles. The van der Waals surface area contributed by atoms with E-state index in [1.807, 2.05) is 36.4 Å². The number of nitrogens with two attached hydrogens (primary N) is 1. The number of hydrogen-bond acceptors (Lipinski definition) is 9. The van der Waals surface area contributed by atoms with E-state index in [0.717, 1.165) is 37.1 Å².